The molecule has 0 saturated carbocycles. The molecule has 0 fully saturated rings. The molecule has 3 rings (SSSR count). The molecule has 24 heavy (non-hydrogen) atoms. The standard InChI is InChI=1S/C20H21N3O/c1-23(2)17-9-6-10-18(13-17)24-19-12-16(20(21)22-14-19)11-15-7-4-3-5-8-15/h3-10,12-14H,11H2,1-2H3,(H2,21,22). The molecule has 3 aromatic rings. The largest absolute Gasteiger partial charge is 0.456 e. The molecule has 0 aliphatic carbocycles. The van der Waals surface area contributed by atoms with Crippen molar-refractivity contribution in [1.82, 2.24) is 4.98 Å². The number of ether oxygens (including phenoxy) is 1. The van der Waals surface area contributed by atoms with Crippen molar-refractivity contribution >= 4 is 11.5 Å². The molecule has 0 atom stereocenters. The van der Waals surface area contributed by atoms with Crippen LogP contribution in [-0.2, 0) is 6.42 Å². The molecule has 1 heterocycles. The second-order valence-corrected chi connectivity index (χ2v) is 5.87. The highest BCUT2D eigenvalue weighted by atomic mass is 16.5. The highest BCUT2D eigenvalue weighted by molar-refractivity contribution is 5.51. The lowest BCUT2D eigenvalue weighted by Crippen LogP contribution is -2.08. The minimum atomic E-state index is 0.535. The zero-order chi connectivity index (χ0) is 16.9. The number of hydrogen-bond donors (Lipinski definition) is 1. The van der Waals surface area contributed by atoms with Crippen LogP contribution in [0.15, 0.2) is 66.9 Å². The van der Waals surface area contributed by atoms with Crippen LogP contribution in [0.3, 0.4) is 0 Å². The molecule has 0 spiro atoms. The topological polar surface area (TPSA) is 51.4 Å². The number of rotatable bonds is 5. The first-order chi connectivity index (χ1) is 11.6. The highest BCUT2D eigenvalue weighted by Crippen LogP contribution is 2.27. The number of benzene rings is 2. The first-order valence-corrected chi connectivity index (χ1v) is 7.85. The van der Waals surface area contributed by atoms with Crippen molar-refractivity contribution in [2.24, 2.45) is 0 Å². The van der Waals surface area contributed by atoms with Gasteiger partial charge in [0.15, 0.2) is 0 Å². The van der Waals surface area contributed by atoms with E-state index < -0.39 is 0 Å². The van der Waals surface area contributed by atoms with Crippen molar-refractivity contribution < 1.29 is 4.74 Å². The number of anilines is 2. The van der Waals surface area contributed by atoms with Gasteiger partial charge in [0, 0.05) is 37.8 Å². The summed E-state index contributed by atoms with van der Waals surface area (Å²) < 4.78 is 5.96. The molecule has 4 heteroatoms. The molecular weight excluding hydrogens is 298 g/mol. The summed E-state index contributed by atoms with van der Waals surface area (Å²) in [5.74, 6) is 2.00. The Morgan fingerprint density at radius 1 is 0.958 bits per heavy atom. The van der Waals surface area contributed by atoms with Gasteiger partial charge in [0.2, 0.25) is 0 Å². The summed E-state index contributed by atoms with van der Waals surface area (Å²) in [6.45, 7) is 0. The van der Waals surface area contributed by atoms with E-state index in [1.807, 2.05) is 67.5 Å². The summed E-state index contributed by atoms with van der Waals surface area (Å²) in [5, 5.41) is 0. The Balaban J connectivity index is 1.82. The van der Waals surface area contributed by atoms with Gasteiger partial charge >= 0.3 is 0 Å². The van der Waals surface area contributed by atoms with Crippen LogP contribution in [0.4, 0.5) is 11.5 Å². The maximum Gasteiger partial charge on any atom is 0.146 e. The molecule has 4 nitrogen and oxygen atoms in total. The second kappa shape index (κ2) is 7.04. The van der Waals surface area contributed by atoms with Crippen LogP contribution >= 0.6 is 0 Å². The first kappa shape index (κ1) is 15.9. The molecule has 1 aromatic heterocycles. The lowest BCUT2D eigenvalue weighted by molar-refractivity contribution is 0.480. The number of nitrogens with two attached hydrogens (primary N) is 1. The Morgan fingerprint density at radius 2 is 1.75 bits per heavy atom. The average molecular weight is 319 g/mol. The Kier molecular flexibility index (Phi) is 4.66. The molecule has 2 aromatic carbocycles. The molecule has 0 unspecified atom stereocenters. The first-order valence-electron chi connectivity index (χ1n) is 7.85. The number of nitrogen functional groups attached to an aromatic ring is 1. The van der Waals surface area contributed by atoms with Crippen molar-refractivity contribution in [2.75, 3.05) is 24.7 Å². The minimum Gasteiger partial charge on any atom is -0.456 e. The van der Waals surface area contributed by atoms with E-state index in [1.165, 1.54) is 5.56 Å². The van der Waals surface area contributed by atoms with Crippen molar-refractivity contribution in [3.63, 3.8) is 0 Å². The molecule has 0 radical (unpaired) electrons. The molecular formula is C20H21N3O. The second-order valence-electron chi connectivity index (χ2n) is 5.87. The molecule has 0 bridgehead atoms. The smallest absolute Gasteiger partial charge is 0.146 e. The Labute approximate surface area is 142 Å². The van der Waals surface area contributed by atoms with Crippen LogP contribution in [0.25, 0.3) is 0 Å². The Morgan fingerprint density at radius 3 is 2.50 bits per heavy atom. The number of nitrogens with zero attached hydrogens (tertiary/aromatic N) is 2. The Hall–Kier alpha value is -3.01. The van der Waals surface area contributed by atoms with E-state index in [1.54, 1.807) is 6.20 Å². The van der Waals surface area contributed by atoms with Crippen molar-refractivity contribution in [3.8, 4) is 11.5 Å². The SMILES string of the molecule is CN(C)c1cccc(Oc2cnc(N)c(Cc3ccccc3)c2)c1. The molecule has 0 amide bonds. The van der Waals surface area contributed by atoms with E-state index in [-0.39, 0.29) is 0 Å². The van der Waals surface area contributed by atoms with Crippen LogP contribution in [0.2, 0.25) is 0 Å². The van der Waals surface area contributed by atoms with Gasteiger partial charge < -0.3 is 15.4 Å². The summed E-state index contributed by atoms with van der Waals surface area (Å²) in [6, 6.07) is 20.1. The van der Waals surface area contributed by atoms with E-state index in [9.17, 15) is 0 Å². The van der Waals surface area contributed by atoms with Gasteiger partial charge in [-0.15, -0.1) is 0 Å². The van der Waals surface area contributed by atoms with E-state index >= 15 is 0 Å². The fraction of sp³-hybridized carbons (Fsp3) is 0.150. The van der Waals surface area contributed by atoms with Gasteiger partial charge in [-0.25, -0.2) is 4.98 Å². The maximum atomic E-state index is 6.02. The predicted octanol–water partition coefficient (Wildman–Crippen LogP) is 4.11. The quantitative estimate of drug-likeness (QED) is 0.769. The van der Waals surface area contributed by atoms with Crippen molar-refractivity contribution in [2.45, 2.75) is 6.42 Å². The van der Waals surface area contributed by atoms with Gasteiger partial charge in [0.05, 0.1) is 6.20 Å². The summed E-state index contributed by atoms with van der Waals surface area (Å²) in [4.78, 5) is 6.31. The number of pyridine rings is 1. The van der Waals surface area contributed by atoms with Gasteiger partial charge in [-0.05, 0) is 23.8 Å². The zero-order valence-corrected chi connectivity index (χ0v) is 13.9. The third-order valence-corrected chi connectivity index (χ3v) is 3.78. The van der Waals surface area contributed by atoms with Crippen LogP contribution in [-0.4, -0.2) is 19.1 Å². The number of aromatic nitrogens is 1. The minimum absolute atomic E-state index is 0.535. The van der Waals surface area contributed by atoms with Crippen LogP contribution in [0.1, 0.15) is 11.1 Å². The summed E-state index contributed by atoms with van der Waals surface area (Å²) in [6.07, 6.45) is 2.39. The molecule has 0 aliphatic heterocycles. The van der Waals surface area contributed by atoms with Crippen molar-refractivity contribution in [3.05, 3.63) is 78.0 Å². The van der Waals surface area contributed by atoms with E-state index in [4.69, 9.17) is 10.5 Å². The molecule has 0 aliphatic rings. The summed E-state index contributed by atoms with van der Waals surface area (Å²) in [7, 11) is 4.00. The van der Waals surface area contributed by atoms with Gasteiger partial charge in [-0.3, -0.25) is 0 Å². The van der Waals surface area contributed by atoms with Gasteiger partial charge in [-0.2, -0.15) is 0 Å². The normalized spacial score (nSPS) is 10.4. The van der Waals surface area contributed by atoms with Gasteiger partial charge in [-0.1, -0.05) is 36.4 Å². The van der Waals surface area contributed by atoms with E-state index in [0.29, 0.717) is 11.6 Å². The fourth-order valence-corrected chi connectivity index (χ4v) is 2.47. The molecule has 2 N–H and O–H groups in total. The third-order valence-electron chi connectivity index (χ3n) is 3.78. The van der Waals surface area contributed by atoms with Gasteiger partial charge in [0.25, 0.3) is 0 Å². The van der Waals surface area contributed by atoms with Crippen molar-refractivity contribution in [1.29, 1.82) is 0 Å². The van der Waals surface area contributed by atoms with Crippen LogP contribution in [0, 0.1) is 0 Å². The Bertz CT molecular complexity index is 816. The van der Waals surface area contributed by atoms with Crippen LogP contribution in [0.5, 0.6) is 11.5 Å². The third kappa shape index (κ3) is 3.84. The zero-order valence-electron chi connectivity index (χ0n) is 13.9. The fourth-order valence-electron chi connectivity index (χ4n) is 2.47. The predicted molar refractivity (Wildman–Crippen MR) is 98.7 cm³/mol. The maximum absolute atomic E-state index is 6.02. The monoisotopic (exact) mass is 319 g/mol. The van der Waals surface area contributed by atoms with Crippen LogP contribution < -0.4 is 15.4 Å². The summed E-state index contributed by atoms with van der Waals surface area (Å²) in [5.41, 5.74) is 9.26. The molecule has 122 valence electrons. The van der Waals surface area contributed by atoms with E-state index in [2.05, 4.69) is 17.1 Å². The average Bonchev–Trinajstić information content (AvgIpc) is 2.59. The number of hydrogen-bond acceptors (Lipinski definition) is 4. The lowest BCUT2D eigenvalue weighted by atomic mass is 10.1. The highest BCUT2D eigenvalue weighted by Gasteiger charge is 2.07. The lowest BCUT2D eigenvalue weighted by Gasteiger charge is -2.14. The van der Waals surface area contributed by atoms with E-state index in [0.717, 1.165) is 23.4 Å². The molecule has 0 saturated heterocycles. The van der Waals surface area contributed by atoms with Gasteiger partial charge in [0.1, 0.15) is 17.3 Å². The summed E-state index contributed by atoms with van der Waals surface area (Å²) >= 11 is 0.